The van der Waals surface area contributed by atoms with Gasteiger partial charge in [-0.25, -0.2) is 0 Å². The van der Waals surface area contributed by atoms with Crippen molar-refractivity contribution in [2.45, 2.75) is 45.7 Å². The molecule has 0 saturated carbocycles. The van der Waals surface area contributed by atoms with Crippen LogP contribution >= 0.6 is 11.6 Å². The van der Waals surface area contributed by atoms with Crippen molar-refractivity contribution in [3.05, 3.63) is 65.2 Å². The number of nitrogens with zero attached hydrogens (tertiary/aromatic N) is 1. The molecule has 0 saturated heterocycles. The monoisotopic (exact) mass is 482 g/mol. The molecule has 180 valence electrons. The van der Waals surface area contributed by atoms with Gasteiger partial charge in [-0.05, 0) is 55.4 Å². The van der Waals surface area contributed by atoms with Gasteiger partial charge in [-0.3, -0.25) is 9.59 Å². The highest BCUT2D eigenvalue weighted by Crippen LogP contribution is 2.33. The molecule has 0 aliphatic rings. The Morgan fingerprint density at radius 3 is 2.36 bits per heavy atom. The smallest absolute Gasteiger partial charge is 0.352 e. The van der Waals surface area contributed by atoms with Crippen LogP contribution in [0.1, 0.15) is 54.6 Å². The number of anilines is 1. The van der Waals surface area contributed by atoms with Crippen LogP contribution in [0.4, 0.5) is 18.9 Å². The van der Waals surface area contributed by atoms with E-state index in [-0.39, 0.29) is 29.6 Å². The zero-order valence-corrected chi connectivity index (χ0v) is 19.7. The zero-order chi connectivity index (χ0) is 24.4. The van der Waals surface area contributed by atoms with E-state index in [1.807, 2.05) is 44.2 Å². The van der Waals surface area contributed by atoms with Crippen LogP contribution in [0, 0.1) is 5.92 Å². The van der Waals surface area contributed by atoms with Crippen molar-refractivity contribution in [1.82, 2.24) is 5.32 Å². The minimum Gasteiger partial charge on any atom is -0.352 e. The molecule has 0 aromatic heterocycles. The molecule has 2 rings (SSSR count). The molecule has 1 N–H and O–H groups in total. The molecule has 0 spiro atoms. The van der Waals surface area contributed by atoms with E-state index in [9.17, 15) is 22.8 Å². The Labute approximate surface area is 198 Å². The molecule has 2 aromatic carbocycles. The Hall–Kier alpha value is -2.54. The van der Waals surface area contributed by atoms with Crippen molar-refractivity contribution in [3.8, 4) is 0 Å². The third-order valence-electron chi connectivity index (χ3n) is 5.19. The lowest BCUT2D eigenvalue weighted by atomic mass is 10.1. The molecule has 0 aliphatic heterocycles. The van der Waals surface area contributed by atoms with Gasteiger partial charge < -0.3 is 10.2 Å². The zero-order valence-electron chi connectivity index (χ0n) is 18.9. The number of alkyl halides is 4. The van der Waals surface area contributed by atoms with E-state index in [0.29, 0.717) is 19.4 Å². The van der Waals surface area contributed by atoms with Gasteiger partial charge >= 0.3 is 6.18 Å². The molecule has 33 heavy (non-hydrogen) atoms. The van der Waals surface area contributed by atoms with Crippen LogP contribution in [-0.4, -0.2) is 30.8 Å². The summed E-state index contributed by atoms with van der Waals surface area (Å²) in [5, 5.41) is 2.69. The number of rotatable bonds is 11. The highest BCUT2D eigenvalue weighted by atomic mass is 35.5. The van der Waals surface area contributed by atoms with Gasteiger partial charge in [0.2, 0.25) is 5.91 Å². The highest BCUT2D eigenvalue weighted by molar-refractivity contribution is 6.29. The number of aryl methyl sites for hydroxylation is 1. The number of halogens is 4. The molecular weight excluding hydrogens is 453 g/mol. The SMILES string of the molecule is CC(C)CCN(C(=O)CCl)c1cc(C(=O)NCCCCc2ccccc2)cc(C(F)(F)F)c1. The largest absolute Gasteiger partial charge is 0.416 e. The van der Waals surface area contributed by atoms with Gasteiger partial charge in [0.1, 0.15) is 5.88 Å². The predicted octanol–water partition coefficient (Wildman–Crippen LogP) is 6.08. The van der Waals surface area contributed by atoms with Crippen LogP contribution in [0.15, 0.2) is 48.5 Å². The summed E-state index contributed by atoms with van der Waals surface area (Å²) >= 11 is 5.69. The normalized spacial score (nSPS) is 11.5. The van der Waals surface area contributed by atoms with Crippen molar-refractivity contribution in [3.63, 3.8) is 0 Å². The second-order valence-electron chi connectivity index (χ2n) is 8.33. The maximum absolute atomic E-state index is 13.5. The summed E-state index contributed by atoms with van der Waals surface area (Å²) in [6, 6.07) is 12.9. The lowest BCUT2D eigenvalue weighted by Crippen LogP contribution is -2.34. The Balaban J connectivity index is 2.13. The van der Waals surface area contributed by atoms with Crippen LogP contribution in [0.3, 0.4) is 0 Å². The second-order valence-corrected chi connectivity index (χ2v) is 8.59. The van der Waals surface area contributed by atoms with Gasteiger partial charge in [0.15, 0.2) is 0 Å². The topological polar surface area (TPSA) is 49.4 Å². The molecule has 0 fully saturated rings. The number of carbonyl (C=O) groups is 2. The fourth-order valence-corrected chi connectivity index (χ4v) is 3.47. The first kappa shape index (κ1) is 26.7. The molecule has 0 aliphatic carbocycles. The predicted molar refractivity (Wildman–Crippen MR) is 126 cm³/mol. The van der Waals surface area contributed by atoms with Gasteiger partial charge in [0.05, 0.1) is 5.56 Å². The summed E-state index contributed by atoms with van der Waals surface area (Å²) in [6.07, 6.45) is -1.69. The van der Waals surface area contributed by atoms with Crippen molar-refractivity contribution < 1.29 is 22.8 Å². The number of amides is 2. The first-order chi connectivity index (χ1) is 15.6. The Morgan fingerprint density at radius 1 is 1.06 bits per heavy atom. The molecule has 4 nitrogen and oxygen atoms in total. The van der Waals surface area contributed by atoms with Gasteiger partial charge in [0, 0.05) is 24.3 Å². The van der Waals surface area contributed by atoms with Gasteiger partial charge in [-0.2, -0.15) is 13.2 Å². The van der Waals surface area contributed by atoms with E-state index < -0.39 is 23.6 Å². The number of carbonyl (C=O) groups excluding carboxylic acids is 2. The van der Waals surface area contributed by atoms with E-state index in [2.05, 4.69) is 5.32 Å². The minimum atomic E-state index is -4.66. The van der Waals surface area contributed by atoms with E-state index in [0.717, 1.165) is 25.0 Å². The van der Waals surface area contributed by atoms with Crippen molar-refractivity contribution >= 4 is 29.1 Å². The Morgan fingerprint density at radius 2 is 1.76 bits per heavy atom. The van der Waals surface area contributed by atoms with Gasteiger partial charge in [0.25, 0.3) is 5.91 Å². The Kier molecular flexibility index (Phi) is 10.2. The maximum Gasteiger partial charge on any atom is 0.416 e. The summed E-state index contributed by atoms with van der Waals surface area (Å²) in [5.74, 6) is -1.25. The van der Waals surface area contributed by atoms with E-state index in [4.69, 9.17) is 11.6 Å². The highest BCUT2D eigenvalue weighted by Gasteiger charge is 2.33. The maximum atomic E-state index is 13.5. The van der Waals surface area contributed by atoms with Gasteiger partial charge in [-0.1, -0.05) is 44.2 Å². The fourth-order valence-electron chi connectivity index (χ4n) is 3.32. The lowest BCUT2D eigenvalue weighted by molar-refractivity contribution is -0.137. The molecule has 2 amide bonds. The summed E-state index contributed by atoms with van der Waals surface area (Å²) in [4.78, 5) is 26.2. The minimum absolute atomic E-state index is 0.0188. The molecule has 2 aromatic rings. The van der Waals surface area contributed by atoms with Gasteiger partial charge in [-0.15, -0.1) is 11.6 Å². The summed E-state index contributed by atoms with van der Waals surface area (Å²) in [7, 11) is 0. The van der Waals surface area contributed by atoms with Crippen LogP contribution in [0.2, 0.25) is 0 Å². The molecule has 0 bridgehead atoms. The summed E-state index contributed by atoms with van der Waals surface area (Å²) in [6.45, 7) is 4.46. The van der Waals surface area contributed by atoms with E-state index in [1.54, 1.807) is 0 Å². The number of hydrogen-bond donors (Lipinski definition) is 1. The van der Waals surface area contributed by atoms with Crippen molar-refractivity contribution in [1.29, 1.82) is 0 Å². The standard InChI is InChI=1S/C25H30ClF3N2O2/c1-18(2)11-13-31(23(32)17-26)22-15-20(14-21(16-22)25(27,28)29)24(33)30-12-7-6-10-19-8-4-3-5-9-19/h3-5,8-9,14-16,18H,6-7,10-13,17H2,1-2H3,(H,30,33). The first-order valence-corrected chi connectivity index (χ1v) is 11.6. The second kappa shape index (κ2) is 12.6. The summed E-state index contributed by atoms with van der Waals surface area (Å²) < 4.78 is 40.6. The van der Waals surface area contributed by atoms with Crippen LogP contribution < -0.4 is 10.2 Å². The number of hydrogen-bond acceptors (Lipinski definition) is 2. The molecular formula is C25H30ClF3N2O2. The van der Waals surface area contributed by atoms with E-state index in [1.165, 1.54) is 16.5 Å². The quantitative estimate of drug-likeness (QED) is 0.312. The molecule has 0 heterocycles. The van der Waals surface area contributed by atoms with Crippen LogP contribution in [0.25, 0.3) is 0 Å². The molecule has 8 heteroatoms. The Bertz CT molecular complexity index is 918. The van der Waals surface area contributed by atoms with Crippen molar-refractivity contribution in [2.24, 2.45) is 5.92 Å². The van der Waals surface area contributed by atoms with Crippen LogP contribution in [-0.2, 0) is 17.4 Å². The summed E-state index contributed by atoms with van der Waals surface area (Å²) in [5.41, 5.74) is 0.0908. The number of benzene rings is 2. The number of unbranched alkanes of at least 4 members (excludes halogenated alkanes) is 1. The number of nitrogens with one attached hydrogen (secondary N) is 1. The average Bonchev–Trinajstić information content (AvgIpc) is 2.78. The van der Waals surface area contributed by atoms with E-state index >= 15 is 0 Å². The molecule has 0 radical (unpaired) electrons. The molecule has 0 unspecified atom stereocenters. The third-order valence-corrected chi connectivity index (χ3v) is 5.41. The van der Waals surface area contributed by atoms with Crippen LogP contribution in [0.5, 0.6) is 0 Å². The molecule has 0 atom stereocenters. The third kappa shape index (κ3) is 8.72. The average molecular weight is 483 g/mol. The lowest BCUT2D eigenvalue weighted by Gasteiger charge is -2.24. The van der Waals surface area contributed by atoms with Crippen molar-refractivity contribution in [2.75, 3.05) is 23.9 Å². The fraction of sp³-hybridized carbons (Fsp3) is 0.440. The first-order valence-electron chi connectivity index (χ1n) is 11.0.